The number of hydrogen-bond donors (Lipinski definition) is 1. The van der Waals surface area contributed by atoms with Crippen molar-refractivity contribution in [1.82, 2.24) is 9.80 Å². The van der Waals surface area contributed by atoms with Crippen LogP contribution in [-0.4, -0.2) is 62.6 Å². The van der Waals surface area contributed by atoms with E-state index in [1.165, 1.54) is 0 Å². The first-order chi connectivity index (χ1) is 9.17. The number of hydrogen-bond acceptors (Lipinski definition) is 4. The molecule has 2 rings (SSSR count). The smallest absolute Gasteiger partial charge is 0.238 e. The van der Waals surface area contributed by atoms with Crippen LogP contribution in [0.5, 0.6) is 5.75 Å². The Balaban J connectivity index is 1.83. The molecule has 0 radical (unpaired) electrons. The lowest BCUT2D eigenvalue weighted by molar-refractivity contribution is -0.117. The van der Waals surface area contributed by atoms with Gasteiger partial charge in [-0.15, -0.1) is 0 Å². The van der Waals surface area contributed by atoms with Crippen molar-refractivity contribution in [2.45, 2.75) is 0 Å². The summed E-state index contributed by atoms with van der Waals surface area (Å²) in [5, 5.41) is 2.90. The van der Waals surface area contributed by atoms with Crippen molar-refractivity contribution >= 4 is 11.6 Å². The Morgan fingerprint density at radius 3 is 2.74 bits per heavy atom. The van der Waals surface area contributed by atoms with E-state index in [1.54, 1.807) is 7.11 Å². The Morgan fingerprint density at radius 2 is 2.05 bits per heavy atom. The minimum atomic E-state index is 0.0257. The van der Waals surface area contributed by atoms with Crippen LogP contribution >= 0.6 is 0 Å². The zero-order chi connectivity index (χ0) is 13.7. The summed E-state index contributed by atoms with van der Waals surface area (Å²) in [7, 11) is 3.72. The lowest BCUT2D eigenvalue weighted by Crippen LogP contribution is -2.47. The molecular weight excluding hydrogens is 242 g/mol. The molecule has 1 aliphatic heterocycles. The average Bonchev–Trinajstić information content (AvgIpc) is 2.41. The largest absolute Gasteiger partial charge is 0.497 e. The third kappa shape index (κ3) is 4.22. The van der Waals surface area contributed by atoms with Crippen molar-refractivity contribution in [3.63, 3.8) is 0 Å². The van der Waals surface area contributed by atoms with Crippen LogP contribution in [0.1, 0.15) is 0 Å². The second kappa shape index (κ2) is 6.54. The van der Waals surface area contributed by atoms with Gasteiger partial charge in [0.1, 0.15) is 5.75 Å². The predicted molar refractivity (Wildman–Crippen MR) is 75.6 cm³/mol. The number of nitrogens with zero attached hydrogens (tertiary/aromatic N) is 2. The lowest BCUT2D eigenvalue weighted by Gasteiger charge is -2.31. The molecule has 0 aromatic heterocycles. The second-order valence-electron chi connectivity index (χ2n) is 4.86. The fourth-order valence-corrected chi connectivity index (χ4v) is 2.11. The van der Waals surface area contributed by atoms with Gasteiger partial charge in [0.2, 0.25) is 5.91 Å². The number of benzene rings is 1. The van der Waals surface area contributed by atoms with Gasteiger partial charge in [-0.1, -0.05) is 6.07 Å². The molecule has 5 nitrogen and oxygen atoms in total. The summed E-state index contributed by atoms with van der Waals surface area (Å²) in [6, 6.07) is 7.41. The summed E-state index contributed by atoms with van der Waals surface area (Å²) < 4.78 is 5.13. The van der Waals surface area contributed by atoms with Crippen molar-refractivity contribution in [3.05, 3.63) is 24.3 Å². The van der Waals surface area contributed by atoms with Gasteiger partial charge >= 0.3 is 0 Å². The maximum atomic E-state index is 12.0. The molecule has 104 valence electrons. The molecule has 0 saturated carbocycles. The summed E-state index contributed by atoms with van der Waals surface area (Å²) in [4.78, 5) is 16.4. The van der Waals surface area contributed by atoms with Gasteiger partial charge in [0.25, 0.3) is 0 Å². The van der Waals surface area contributed by atoms with E-state index in [-0.39, 0.29) is 5.91 Å². The quantitative estimate of drug-likeness (QED) is 0.876. The third-order valence-corrected chi connectivity index (χ3v) is 3.32. The molecule has 0 aliphatic carbocycles. The molecule has 19 heavy (non-hydrogen) atoms. The SMILES string of the molecule is COc1cccc(NC(=O)CN2CCN(C)CC2)c1. The molecule has 1 aromatic rings. The topological polar surface area (TPSA) is 44.8 Å². The Labute approximate surface area is 114 Å². The third-order valence-electron chi connectivity index (χ3n) is 3.32. The predicted octanol–water partition coefficient (Wildman–Crippen LogP) is 0.881. The molecule has 1 saturated heterocycles. The molecule has 1 heterocycles. The van der Waals surface area contributed by atoms with Crippen LogP contribution in [0, 0.1) is 0 Å². The van der Waals surface area contributed by atoms with Gasteiger partial charge in [0.15, 0.2) is 0 Å². The number of rotatable bonds is 4. The Kier molecular flexibility index (Phi) is 4.76. The zero-order valence-corrected chi connectivity index (χ0v) is 11.6. The van der Waals surface area contributed by atoms with E-state index in [0.717, 1.165) is 37.6 Å². The summed E-state index contributed by atoms with van der Waals surface area (Å²) in [5.74, 6) is 0.773. The average molecular weight is 263 g/mol. The van der Waals surface area contributed by atoms with Crippen molar-refractivity contribution in [1.29, 1.82) is 0 Å². The van der Waals surface area contributed by atoms with Crippen LogP contribution in [0.3, 0.4) is 0 Å². The van der Waals surface area contributed by atoms with E-state index >= 15 is 0 Å². The van der Waals surface area contributed by atoms with E-state index in [1.807, 2.05) is 24.3 Å². The maximum absolute atomic E-state index is 12.0. The summed E-state index contributed by atoms with van der Waals surface area (Å²) in [5.41, 5.74) is 0.776. The normalized spacial score (nSPS) is 17.2. The number of nitrogens with one attached hydrogen (secondary N) is 1. The van der Waals surface area contributed by atoms with E-state index < -0.39 is 0 Å². The van der Waals surface area contributed by atoms with Crippen LogP contribution in [0.2, 0.25) is 0 Å². The molecule has 0 bridgehead atoms. The van der Waals surface area contributed by atoms with Crippen LogP contribution in [0.4, 0.5) is 5.69 Å². The summed E-state index contributed by atoms with van der Waals surface area (Å²) >= 11 is 0. The summed E-state index contributed by atoms with van der Waals surface area (Å²) in [6.07, 6.45) is 0. The number of carbonyl (C=O) groups is 1. The highest BCUT2D eigenvalue weighted by atomic mass is 16.5. The van der Waals surface area contributed by atoms with Crippen LogP contribution < -0.4 is 10.1 Å². The summed E-state index contributed by atoms with van der Waals surface area (Å²) in [6.45, 7) is 4.38. The number of ether oxygens (including phenoxy) is 1. The molecule has 0 unspecified atom stereocenters. The molecule has 1 amide bonds. The van der Waals surface area contributed by atoms with Gasteiger partial charge in [0.05, 0.1) is 13.7 Å². The van der Waals surface area contributed by atoms with Gasteiger partial charge < -0.3 is 15.0 Å². The molecule has 1 aromatic carbocycles. The van der Waals surface area contributed by atoms with Crippen molar-refractivity contribution in [3.8, 4) is 5.75 Å². The first-order valence-corrected chi connectivity index (χ1v) is 6.52. The van der Waals surface area contributed by atoms with Crippen LogP contribution in [-0.2, 0) is 4.79 Å². The van der Waals surface area contributed by atoms with Crippen LogP contribution in [0.15, 0.2) is 24.3 Å². The van der Waals surface area contributed by atoms with Gasteiger partial charge in [-0.2, -0.15) is 0 Å². The fourth-order valence-electron chi connectivity index (χ4n) is 2.11. The Morgan fingerprint density at radius 1 is 1.32 bits per heavy atom. The van der Waals surface area contributed by atoms with Crippen molar-refractivity contribution < 1.29 is 9.53 Å². The first kappa shape index (κ1) is 13.8. The number of piperazine rings is 1. The molecule has 1 fully saturated rings. The minimum absolute atomic E-state index is 0.0257. The van der Waals surface area contributed by atoms with Gasteiger partial charge in [-0.3, -0.25) is 9.69 Å². The van der Waals surface area contributed by atoms with Gasteiger partial charge in [-0.05, 0) is 19.2 Å². The fraction of sp³-hybridized carbons (Fsp3) is 0.500. The van der Waals surface area contributed by atoms with Gasteiger partial charge in [-0.25, -0.2) is 0 Å². The number of likely N-dealkylation sites (N-methyl/N-ethyl adjacent to an activating group) is 1. The van der Waals surface area contributed by atoms with E-state index in [2.05, 4.69) is 22.2 Å². The molecule has 1 aliphatic rings. The second-order valence-corrected chi connectivity index (χ2v) is 4.86. The van der Waals surface area contributed by atoms with Crippen molar-refractivity contribution in [2.24, 2.45) is 0 Å². The highest BCUT2D eigenvalue weighted by molar-refractivity contribution is 5.92. The maximum Gasteiger partial charge on any atom is 0.238 e. The molecule has 1 N–H and O–H groups in total. The van der Waals surface area contributed by atoms with E-state index in [9.17, 15) is 4.79 Å². The van der Waals surface area contributed by atoms with Crippen molar-refractivity contribution in [2.75, 3.05) is 52.2 Å². The van der Waals surface area contributed by atoms with E-state index in [0.29, 0.717) is 6.54 Å². The van der Waals surface area contributed by atoms with E-state index in [4.69, 9.17) is 4.74 Å². The number of anilines is 1. The minimum Gasteiger partial charge on any atom is -0.497 e. The number of amides is 1. The Bertz CT molecular complexity index is 428. The zero-order valence-electron chi connectivity index (χ0n) is 11.6. The molecule has 0 atom stereocenters. The molecule has 5 heteroatoms. The molecule has 0 spiro atoms. The van der Waals surface area contributed by atoms with Gasteiger partial charge in [0, 0.05) is 37.9 Å². The highest BCUT2D eigenvalue weighted by Crippen LogP contribution is 2.16. The monoisotopic (exact) mass is 263 g/mol. The standard InChI is InChI=1S/C14H21N3O2/c1-16-6-8-17(9-7-16)11-14(18)15-12-4-3-5-13(10-12)19-2/h3-5,10H,6-9,11H2,1-2H3,(H,15,18). The van der Waals surface area contributed by atoms with Crippen LogP contribution in [0.25, 0.3) is 0 Å². The molecular formula is C14H21N3O2. The Hall–Kier alpha value is -1.59. The number of carbonyl (C=O) groups excluding carboxylic acids is 1. The number of methoxy groups -OCH3 is 1. The highest BCUT2D eigenvalue weighted by Gasteiger charge is 2.16. The first-order valence-electron chi connectivity index (χ1n) is 6.52. The lowest BCUT2D eigenvalue weighted by atomic mass is 10.3.